The molecule has 6 aromatic carbocycles. The number of hydrogen-bond acceptors (Lipinski definition) is 19. The van der Waals surface area contributed by atoms with Gasteiger partial charge < -0.3 is 104 Å². The zero-order valence-corrected chi connectivity index (χ0v) is 73.5. The van der Waals surface area contributed by atoms with Crippen molar-refractivity contribution in [1.82, 2.24) is 66.2 Å². The van der Waals surface area contributed by atoms with Gasteiger partial charge in [0, 0.05) is 202 Å². The second-order valence-electron chi connectivity index (χ2n) is 30.9. The van der Waals surface area contributed by atoms with E-state index >= 15 is 0 Å². The third-order valence-electron chi connectivity index (χ3n) is 22.2. The molecule has 6 aliphatic rings. The van der Waals surface area contributed by atoms with Crippen LogP contribution >= 0.6 is 69.6 Å². The summed E-state index contributed by atoms with van der Waals surface area (Å²) in [7, 11) is 6.20. The van der Waals surface area contributed by atoms with Gasteiger partial charge in [-0.25, -0.2) is 14.4 Å². The SMILES string of the molecule is CN1Cc2c(Cl)cc(Cl)cc2C(c2ccc3c(c2)C(=O)N(CCOCCOCCOCCNC(=O)NCCN(CCNC(=O)NCCOCCOCCOCCN2Cc4ccc(C5CN(C)Cc6c(Cl)cc(Cl)cc65)cc4C2=O)CCNC(=O)NCCOCCOCCOCCN2Cc4ccc(C5CN(C)Cc6c(Cl)cc(Cl)cc65)cc4C2=O)C3)C1. The lowest BCUT2D eigenvalue weighted by Gasteiger charge is -2.33. The second kappa shape index (κ2) is 47.2. The number of nitrogens with one attached hydrogen (secondary N) is 6. The summed E-state index contributed by atoms with van der Waals surface area (Å²) < 4.78 is 51.6. The number of likely N-dealkylation sites (N-methyl/N-ethyl adjacent to an activating group) is 3. The van der Waals surface area contributed by atoms with E-state index in [4.69, 9.17) is 112 Å². The van der Waals surface area contributed by atoms with Crippen LogP contribution in [0.25, 0.3) is 0 Å². The number of nitrogens with zero attached hydrogens (tertiary/aromatic N) is 7. The molecule has 0 aliphatic carbocycles. The van der Waals surface area contributed by atoms with Gasteiger partial charge in [0.15, 0.2) is 0 Å². The lowest BCUT2D eigenvalue weighted by molar-refractivity contribution is 0.0115. The zero-order chi connectivity index (χ0) is 85.2. The van der Waals surface area contributed by atoms with Gasteiger partial charge in [-0.15, -0.1) is 0 Å². The van der Waals surface area contributed by atoms with E-state index in [1.807, 2.05) is 59.5 Å². The van der Waals surface area contributed by atoms with E-state index in [1.165, 1.54) is 0 Å². The van der Waals surface area contributed by atoms with Crippen LogP contribution < -0.4 is 31.9 Å². The van der Waals surface area contributed by atoms with Gasteiger partial charge in [0.25, 0.3) is 17.7 Å². The number of amides is 9. The molecule has 0 fully saturated rings. The maximum Gasteiger partial charge on any atom is 0.314 e. The van der Waals surface area contributed by atoms with Crippen molar-refractivity contribution in [3.05, 3.63) is 205 Å². The predicted molar refractivity (Wildman–Crippen MR) is 465 cm³/mol. The van der Waals surface area contributed by atoms with Crippen LogP contribution in [0.2, 0.25) is 30.1 Å². The van der Waals surface area contributed by atoms with Crippen LogP contribution in [0.1, 0.15) is 116 Å². The van der Waals surface area contributed by atoms with Crippen molar-refractivity contribution in [1.29, 1.82) is 0 Å². The van der Waals surface area contributed by atoms with Crippen LogP contribution in [-0.2, 0) is 81.9 Å². The summed E-state index contributed by atoms with van der Waals surface area (Å²) >= 11 is 39.2. The van der Waals surface area contributed by atoms with Gasteiger partial charge in [0.05, 0.1) is 119 Å². The maximum absolute atomic E-state index is 13.5. The van der Waals surface area contributed by atoms with Crippen LogP contribution in [-0.4, -0.2) is 308 Å². The minimum atomic E-state index is -0.379. The Hall–Kier alpha value is -7.24. The van der Waals surface area contributed by atoms with Crippen molar-refractivity contribution in [2.45, 2.75) is 57.0 Å². The summed E-state index contributed by atoms with van der Waals surface area (Å²) in [6, 6.07) is 28.7. The van der Waals surface area contributed by atoms with Crippen LogP contribution in [0.5, 0.6) is 0 Å². The molecule has 0 saturated carbocycles. The molecular weight excluding hydrogens is 1680 g/mol. The fourth-order valence-electron chi connectivity index (χ4n) is 16.1. The molecule has 0 saturated heterocycles. The number of benzene rings is 6. The Morgan fingerprint density at radius 1 is 0.331 bits per heavy atom. The van der Waals surface area contributed by atoms with Crippen LogP contribution in [0.4, 0.5) is 14.4 Å². The third-order valence-corrected chi connectivity index (χ3v) is 23.9. The zero-order valence-electron chi connectivity index (χ0n) is 69.0. The summed E-state index contributed by atoms with van der Waals surface area (Å²) in [5.74, 6) is 0.0629. The molecule has 6 N–H and O–H groups in total. The Morgan fingerprint density at radius 3 is 0.851 bits per heavy atom. The fourth-order valence-corrected chi connectivity index (χ4v) is 17.8. The highest BCUT2D eigenvalue weighted by molar-refractivity contribution is 6.36. The summed E-state index contributed by atoms with van der Waals surface area (Å²) in [6.07, 6.45) is 0. The van der Waals surface area contributed by atoms with E-state index in [9.17, 15) is 28.8 Å². The highest BCUT2D eigenvalue weighted by atomic mass is 35.5. The van der Waals surface area contributed by atoms with Gasteiger partial charge in [0.2, 0.25) is 0 Å². The molecule has 0 radical (unpaired) electrons. The fraction of sp³-hybridized carbons (Fsp3) is 0.517. The van der Waals surface area contributed by atoms with Crippen molar-refractivity contribution < 1.29 is 71.4 Å². The van der Waals surface area contributed by atoms with E-state index < -0.39 is 0 Å². The maximum atomic E-state index is 13.5. The van der Waals surface area contributed by atoms with E-state index in [0.717, 1.165) is 106 Å². The first kappa shape index (κ1) is 92.9. The van der Waals surface area contributed by atoms with E-state index in [1.54, 1.807) is 32.9 Å². The summed E-state index contributed by atoms with van der Waals surface area (Å²) in [5, 5.41) is 20.8. The molecule has 12 rings (SSSR count). The predicted octanol–water partition coefficient (Wildman–Crippen LogP) is 9.96. The number of rotatable bonds is 48. The van der Waals surface area contributed by atoms with E-state index in [2.05, 4.69) is 85.9 Å². The van der Waals surface area contributed by atoms with Gasteiger partial charge >= 0.3 is 18.1 Å². The molecule has 34 heteroatoms. The topological polar surface area (TPSA) is 280 Å². The van der Waals surface area contributed by atoms with E-state index in [-0.39, 0.29) is 113 Å². The molecule has 0 aromatic heterocycles. The molecule has 6 heterocycles. The molecule has 656 valence electrons. The normalized spacial score (nSPS) is 17.0. The summed E-state index contributed by atoms with van der Waals surface area (Å²) in [4.78, 5) is 93.2. The molecule has 3 atom stereocenters. The van der Waals surface area contributed by atoms with Gasteiger partial charge in [-0.2, -0.15) is 0 Å². The van der Waals surface area contributed by atoms with Crippen molar-refractivity contribution >= 4 is 105 Å². The quantitative estimate of drug-likeness (QED) is 0.0194. The molecular formula is C87H111Cl6N13O15. The largest absolute Gasteiger partial charge is 0.377 e. The number of ether oxygens (including phenoxy) is 9. The number of urea groups is 3. The Bertz CT molecular complexity index is 4080. The average Bonchev–Trinajstić information content (AvgIpc) is 1.73. The molecule has 6 aliphatic heterocycles. The molecule has 9 amide bonds. The van der Waals surface area contributed by atoms with E-state index in [0.29, 0.717) is 205 Å². The number of hydrogen-bond donors (Lipinski definition) is 6. The van der Waals surface area contributed by atoms with Gasteiger partial charge in [-0.05, 0) is 143 Å². The molecule has 121 heavy (non-hydrogen) atoms. The first-order valence-corrected chi connectivity index (χ1v) is 43.7. The number of fused-ring (bicyclic) bond motifs is 6. The monoisotopic (exact) mass is 1790 g/mol. The number of halogens is 6. The lowest BCUT2D eigenvalue weighted by atomic mass is 9.84. The summed E-state index contributed by atoms with van der Waals surface area (Å²) in [5.41, 5.74) is 14.8. The Morgan fingerprint density at radius 2 is 0.579 bits per heavy atom. The number of carbonyl (C=O) groups is 6. The van der Waals surface area contributed by atoms with Gasteiger partial charge in [0.1, 0.15) is 0 Å². The molecule has 6 aromatic rings. The molecule has 0 bridgehead atoms. The van der Waals surface area contributed by atoms with Gasteiger partial charge in [-0.1, -0.05) is 106 Å². The highest BCUT2D eigenvalue weighted by Gasteiger charge is 2.36. The molecule has 0 spiro atoms. The van der Waals surface area contributed by atoms with Crippen LogP contribution in [0.3, 0.4) is 0 Å². The Labute approximate surface area is 738 Å². The average molecular weight is 1790 g/mol. The van der Waals surface area contributed by atoms with Gasteiger partial charge in [-0.3, -0.25) is 19.3 Å². The minimum absolute atomic E-state index is 0.0149. The third kappa shape index (κ3) is 26.9. The standard InChI is InChI=1S/C87H111Cl6N13O15/c1-100-52-73(70-43-64(88)46-79(91)76(70)55-100)58-4-7-61-49-104(82(107)67(61)40-58)19-25-116-31-37-119-34-28-113-22-13-97-85(110)94-10-16-103(17-11-95-86(111)98-14-23-114-29-35-120-38-32-117-26-20-105-50-62-8-5-59(41-68(62)83(105)108)74-53-101(2)56-77-71(74)44-65(89)47-80(77)92)18-12-96-87(112)99-15-24-115-30-36-121-39-33-118-27-21-106-51-63-9-6-60(42-69(63)84(106)109)75-54-102(3)57-78-72(75)45-66(90)48-81(78)93/h4-9,40-48,73-75H,10-39,49-57H2,1-3H3,(H2,94,97,110)(H2,95,98,111)(H2,96,99,112). The second-order valence-corrected chi connectivity index (χ2v) is 33.5. The van der Waals surface area contributed by atoms with Crippen LogP contribution in [0.15, 0.2) is 91.0 Å². The molecule has 3 unspecified atom stereocenters. The Balaban J connectivity index is 0.479. The number of carbonyl (C=O) groups excluding carboxylic acids is 6. The van der Waals surface area contributed by atoms with Crippen molar-refractivity contribution in [3.63, 3.8) is 0 Å². The Kier molecular flexibility index (Phi) is 36.2. The van der Waals surface area contributed by atoms with Crippen molar-refractivity contribution in [3.8, 4) is 0 Å². The van der Waals surface area contributed by atoms with Crippen molar-refractivity contribution in [2.24, 2.45) is 0 Å². The molecule has 28 nitrogen and oxygen atoms in total. The first-order chi connectivity index (χ1) is 58.7. The van der Waals surface area contributed by atoms with Crippen molar-refractivity contribution in [2.75, 3.05) is 238 Å². The lowest BCUT2D eigenvalue weighted by Crippen LogP contribution is -2.47. The minimum Gasteiger partial charge on any atom is -0.377 e. The highest BCUT2D eigenvalue weighted by Crippen LogP contribution is 2.44. The van der Waals surface area contributed by atoms with Crippen LogP contribution in [0, 0.1) is 0 Å². The summed E-state index contributed by atoms with van der Waals surface area (Å²) in [6.45, 7) is 16.3. The first-order valence-electron chi connectivity index (χ1n) is 41.4. The smallest absolute Gasteiger partial charge is 0.314 e.